The first-order chi connectivity index (χ1) is 15.9. The molecule has 4 rings (SSSR count). The summed E-state index contributed by atoms with van der Waals surface area (Å²) in [6.45, 7) is 11.6. The maximum absolute atomic E-state index is 12.6. The Morgan fingerprint density at radius 3 is 2.61 bits per heavy atom. The molecule has 1 amide bonds. The minimum absolute atomic E-state index is 0.0257. The van der Waals surface area contributed by atoms with Crippen molar-refractivity contribution in [1.82, 2.24) is 14.9 Å². The SMILES string of the molecule is CCOC(=O)CCC(=O)N1CCN(c2nc([C@@H](C)CC)nc3sc4c(c23)CC[C@H](C)C4)CC1. The van der Waals surface area contributed by atoms with E-state index in [0.717, 1.165) is 54.7 Å². The zero-order valence-corrected chi connectivity index (χ0v) is 21.2. The van der Waals surface area contributed by atoms with Crippen LogP contribution in [0.25, 0.3) is 10.2 Å². The van der Waals surface area contributed by atoms with E-state index in [9.17, 15) is 9.59 Å². The quantitative estimate of drug-likeness (QED) is 0.559. The van der Waals surface area contributed by atoms with Crippen molar-refractivity contribution in [1.29, 1.82) is 0 Å². The maximum Gasteiger partial charge on any atom is 0.306 e. The molecule has 1 fully saturated rings. The Labute approximate surface area is 200 Å². The number of rotatable bonds is 7. The first kappa shape index (κ1) is 23.9. The van der Waals surface area contributed by atoms with Crippen LogP contribution in [0.2, 0.25) is 0 Å². The highest BCUT2D eigenvalue weighted by Gasteiger charge is 2.29. The minimum Gasteiger partial charge on any atom is -0.466 e. The van der Waals surface area contributed by atoms with E-state index in [4.69, 9.17) is 14.7 Å². The first-order valence-corrected chi connectivity index (χ1v) is 13.2. The van der Waals surface area contributed by atoms with Gasteiger partial charge >= 0.3 is 5.97 Å². The fourth-order valence-electron chi connectivity index (χ4n) is 4.74. The van der Waals surface area contributed by atoms with Crippen LogP contribution >= 0.6 is 11.3 Å². The van der Waals surface area contributed by atoms with Crippen molar-refractivity contribution < 1.29 is 14.3 Å². The average Bonchev–Trinajstić information content (AvgIpc) is 3.19. The summed E-state index contributed by atoms with van der Waals surface area (Å²) in [6.07, 6.45) is 4.82. The van der Waals surface area contributed by atoms with Crippen molar-refractivity contribution in [2.75, 3.05) is 37.7 Å². The molecule has 3 heterocycles. The third-order valence-electron chi connectivity index (χ3n) is 6.99. The summed E-state index contributed by atoms with van der Waals surface area (Å²) in [7, 11) is 0. The number of carbonyl (C=O) groups is 2. The zero-order valence-electron chi connectivity index (χ0n) is 20.4. The van der Waals surface area contributed by atoms with E-state index in [1.165, 1.54) is 22.2 Å². The highest BCUT2D eigenvalue weighted by Crippen LogP contribution is 2.41. The summed E-state index contributed by atoms with van der Waals surface area (Å²) >= 11 is 1.86. The number of piperazine rings is 1. The maximum atomic E-state index is 12.6. The van der Waals surface area contributed by atoms with Crippen molar-refractivity contribution in [2.24, 2.45) is 5.92 Å². The molecule has 2 aromatic rings. The molecule has 0 spiro atoms. The summed E-state index contributed by atoms with van der Waals surface area (Å²) in [4.78, 5) is 41.1. The molecule has 0 unspecified atom stereocenters. The summed E-state index contributed by atoms with van der Waals surface area (Å²) in [5.41, 5.74) is 1.45. The number of esters is 1. The van der Waals surface area contributed by atoms with Crippen LogP contribution in [0.15, 0.2) is 0 Å². The topological polar surface area (TPSA) is 75.6 Å². The van der Waals surface area contributed by atoms with Gasteiger partial charge in [0.2, 0.25) is 5.91 Å². The molecule has 2 atom stereocenters. The molecule has 1 aliphatic carbocycles. The van der Waals surface area contributed by atoms with Crippen molar-refractivity contribution in [3.05, 3.63) is 16.3 Å². The predicted molar refractivity (Wildman–Crippen MR) is 132 cm³/mol. The highest BCUT2D eigenvalue weighted by atomic mass is 32.1. The van der Waals surface area contributed by atoms with E-state index in [-0.39, 0.29) is 24.7 Å². The van der Waals surface area contributed by atoms with E-state index >= 15 is 0 Å². The highest BCUT2D eigenvalue weighted by molar-refractivity contribution is 7.19. The lowest BCUT2D eigenvalue weighted by atomic mass is 9.89. The van der Waals surface area contributed by atoms with Gasteiger partial charge in [0.05, 0.1) is 18.4 Å². The predicted octanol–water partition coefficient (Wildman–Crippen LogP) is 4.32. The van der Waals surface area contributed by atoms with Gasteiger partial charge in [-0.25, -0.2) is 9.97 Å². The molecule has 0 aromatic carbocycles. The lowest BCUT2D eigenvalue weighted by Gasteiger charge is -2.36. The van der Waals surface area contributed by atoms with Crippen LogP contribution in [0.1, 0.15) is 75.6 Å². The average molecular weight is 473 g/mol. The molecule has 2 aliphatic rings. The molecule has 7 nitrogen and oxygen atoms in total. The molecular weight excluding hydrogens is 436 g/mol. The van der Waals surface area contributed by atoms with Crippen LogP contribution in [-0.4, -0.2) is 59.5 Å². The van der Waals surface area contributed by atoms with Gasteiger partial charge in [0, 0.05) is 43.4 Å². The van der Waals surface area contributed by atoms with Gasteiger partial charge in [-0.2, -0.15) is 0 Å². The molecule has 1 aliphatic heterocycles. The molecule has 2 aromatic heterocycles. The zero-order chi connectivity index (χ0) is 23.5. The van der Waals surface area contributed by atoms with Crippen LogP contribution in [-0.2, 0) is 27.2 Å². The smallest absolute Gasteiger partial charge is 0.306 e. The molecule has 0 radical (unpaired) electrons. The minimum atomic E-state index is -0.304. The van der Waals surface area contributed by atoms with Gasteiger partial charge in [-0.15, -0.1) is 11.3 Å². The summed E-state index contributed by atoms with van der Waals surface area (Å²) < 4.78 is 4.95. The first-order valence-electron chi connectivity index (χ1n) is 12.4. The number of aromatic nitrogens is 2. The van der Waals surface area contributed by atoms with E-state index < -0.39 is 0 Å². The molecule has 33 heavy (non-hydrogen) atoms. The Balaban J connectivity index is 1.54. The van der Waals surface area contributed by atoms with E-state index in [1.54, 1.807) is 6.92 Å². The Morgan fingerprint density at radius 1 is 1.15 bits per heavy atom. The molecule has 8 heteroatoms. The fourth-order valence-corrected chi connectivity index (χ4v) is 6.12. The van der Waals surface area contributed by atoms with E-state index in [0.29, 0.717) is 25.6 Å². The summed E-state index contributed by atoms with van der Waals surface area (Å²) in [6, 6.07) is 0. The molecule has 0 N–H and O–H groups in total. The van der Waals surface area contributed by atoms with Crippen LogP contribution in [0.4, 0.5) is 5.82 Å². The summed E-state index contributed by atoms with van der Waals surface area (Å²) in [5.74, 6) is 2.75. The number of anilines is 1. The second-order valence-corrected chi connectivity index (χ2v) is 10.5. The van der Waals surface area contributed by atoms with E-state index in [1.807, 2.05) is 16.2 Å². The Bertz CT molecular complexity index is 1010. The number of aryl methyl sites for hydroxylation is 1. The number of ether oxygens (including phenoxy) is 1. The van der Waals surface area contributed by atoms with Crippen molar-refractivity contribution in [3.8, 4) is 0 Å². The van der Waals surface area contributed by atoms with Gasteiger partial charge in [0.15, 0.2) is 0 Å². The van der Waals surface area contributed by atoms with Gasteiger partial charge in [0.1, 0.15) is 16.5 Å². The largest absolute Gasteiger partial charge is 0.466 e. The van der Waals surface area contributed by atoms with Crippen molar-refractivity contribution >= 4 is 39.2 Å². The molecule has 0 bridgehead atoms. The summed E-state index contributed by atoms with van der Waals surface area (Å²) in [5, 5.41) is 1.25. The fraction of sp³-hybridized carbons (Fsp3) is 0.680. The number of carbonyl (C=O) groups excluding carboxylic acids is 2. The van der Waals surface area contributed by atoms with Gasteiger partial charge in [0.25, 0.3) is 0 Å². The number of amides is 1. The third-order valence-corrected chi connectivity index (χ3v) is 8.13. The van der Waals surface area contributed by atoms with Crippen molar-refractivity contribution in [2.45, 2.75) is 72.1 Å². The standard InChI is InChI=1S/C25H36N4O3S/c1-5-17(4)23-26-24(22-18-8-7-16(3)15-19(18)33-25(22)27-23)29-13-11-28(12-14-29)20(30)9-10-21(31)32-6-2/h16-17H,5-15H2,1-4H3/t16-,17-/m0/s1. The number of thiophene rings is 1. The Kier molecular flexibility index (Phi) is 7.51. The van der Waals surface area contributed by atoms with Crippen LogP contribution in [0, 0.1) is 5.92 Å². The molecular formula is C25H36N4O3S. The monoisotopic (exact) mass is 472 g/mol. The Hall–Kier alpha value is -2.22. The second kappa shape index (κ2) is 10.4. The van der Waals surface area contributed by atoms with Gasteiger partial charge < -0.3 is 14.5 Å². The van der Waals surface area contributed by atoms with E-state index in [2.05, 4.69) is 25.7 Å². The van der Waals surface area contributed by atoms with Crippen LogP contribution in [0.5, 0.6) is 0 Å². The van der Waals surface area contributed by atoms with Gasteiger partial charge in [-0.05, 0) is 44.1 Å². The lowest BCUT2D eigenvalue weighted by Crippen LogP contribution is -2.49. The van der Waals surface area contributed by atoms with Crippen molar-refractivity contribution in [3.63, 3.8) is 0 Å². The molecule has 1 saturated heterocycles. The van der Waals surface area contributed by atoms with Crippen LogP contribution in [0.3, 0.4) is 0 Å². The van der Waals surface area contributed by atoms with Crippen LogP contribution < -0.4 is 4.90 Å². The second-order valence-electron chi connectivity index (χ2n) is 9.42. The number of fused-ring (bicyclic) bond motifs is 3. The number of hydrogen-bond donors (Lipinski definition) is 0. The van der Waals surface area contributed by atoms with Gasteiger partial charge in [-0.1, -0.05) is 20.8 Å². The Morgan fingerprint density at radius 2 is 1.91 bits per heavy atom. The molecule has 0 saturated carbocycles. The van der Waals surface area contributed by atoms with Gasteiger partial charge in [-0.3, -0.25) is 9.59 Å². The lowest BCUT2D eigenvalue weighted by molar-refractivity contribution is -0.145. The number of hydrogen-bond acceptors (Lipinski definition) is 7. The number of nitrogens with zero attached hydrogens (tertiary/aromatic N) is 4. The molecule has 180 valence electrons. The third kappa shape index (κ3) is 5.15. The normalized spacial score (nSPS) is 19.5.